The first-order chi connectivity index (χ1) is 12.9. The molecule has 1 aliphatic heterocycles. The lowest BCUT2D eigenvalue weighted by Gasteiger charge is -2.19. The Morgan fingerprint density at radius 1 is 1.18 bits per heavy atom. The molecule has 0 bridgehead atoms. The second-order valence-electron chi connectivity index (χ2n) is 6.41. The van der Waals surface area contributed by atoms with E-state index in [4.69, 9.17) is 0 Å². The molecule has 0 spiro atoms. The lowest BCUT2D eigenvalue weighted by atomic mass is 9.99. The SMILES string of the molecule is CCCS(=O)(=O)Nc1ccccc1C(=O)Nc1ccc2c(c1F)CCNC2.Cl. The minimum atomic E-state index is -3.54. The van der Waals surface area contributed by atoms with Crippen LogP contribution in [0.25, 0.3) is 0 Å². The van der Waals surface area contributed by atoms with Gasteiger partial charge in [0, 0.05) is 6.54 Å². The second-order valence-corrected chi connectivity index (χ2v) is 8.25. The molecule has 3 rings (SSSR count). The predicted molar refractivity (Wildman–Crippen MR) is 111 cm³/mol. The molecule has 0 aromatic heterocycles. The van der Waals surface area contributed by atoms with Crippen molar-refractivity contribution in [3.63, 3.8) is 0 Å². The van der Waals surface area contributed by atoms with E-state index in [1.54, 1.807) is 25.1 Å². The van der Waals surface area contributed by atoms with Crippen LogP contribution in [-0.4, -0.2) is 26.6 Å². The topological polar surface area (TPSA) is 87.3 Å². The maximum absolute atomic E-state index is 14.7. The van der Waals surface area contributed by atoms with Crippen LogP contribution in [0, 0.1) is 5.82 Å². The van der Waals surface area contributed by atoms with Crippen LogP contribution in [0.2, 0.25) is 0 Å². The Bertz CT molecular complexity index is 967. The van der Waals surface area contributed by atoms with Crippen molar-refractivity contribution in [2.24, 2.45) is 0 Å². The first kappa shape index (κ1) is 22.1. The highest BCUT2D eigenvalue weighted by Crippen LogP contribution is 2.26. The number of rotatable bonds is 6. The number of benzene rings is 2. The zero-order valence-electron chi connectivity index (χ0n) is 15.4. The van der Waals surface area contributed by atoms with Crippen LogP contribution in [0.1, 0.15) is 34.8 Å². The largest absolute Gasteiger partial charge is 0.319 e. The van der Waals surface area contributed by atoms with Gasteiger partial charge in [0.05, 0.1) is 22.7 Å². The maximum atomic E-state index is 14.7. The standard InChI is InChI=1S/C19H22FN3O3S.ClH/c1-2-11-27(25,26)23-16-6-4-3-5-15(16)19(24)22-17-8-7-13-12-21-10-9-14(13)18(17)20;/h3-8,21,23H,2,9-12H2,1H3,(H,22,24);1H. The van der Waals surface area contributed by atoms with E-state index >= 15 is 0 Å². The number of amides is 1. The van der Waals surface area contributed by atoms with Gasteiger partial charge in [0.1, 0.15) is 5.82 Å². The van der Waals surface area contributed by atoms with Gasteiger partial charge in [-0.05, 0) is 48.7 Å². The molecule has 0 saturated carbocycles. The number of nitrogens with one attached hydrogen (secondary N) is 3. The molecule has 1 amide bonds. The average molecular weight is 428 g/mol. The van der Waals surface area contributed by atoms with Gasteiger partial charge in [-0.2, -0.15) is 0 Å². The van der Waals surface area contributed by atoms with Crippen molar-refractivity contribution in [1.82, 2.24) is 5.32 Å². The summed E-state index contributed by atoms with van der Waals surface area (Å²) < 4.78 is 41.3. The maximum Gasteiger partial charge on any atom is 0.257 e. The van der Waals surface area contributed by atoms with Crippen molar-refractivity contribution in [3.8, 4) is 0 Å². The van der Waals surface area contributed by atoms with Gasteiger partial charge < -0.3 is 10.6 Å². The highest BCUT2D eigenvalue weighted by Gasteiger charge is 2.20. The molecule has 3 N–H and O–H groups in total. The molecule has 6 nitrogen and oxygen atoms in total. The van der Waals surface area contributed by atoms with Crippen molar-refractivity contribution in [1.29, 1.82) is 0 Å². The number of anilines is 2. The smallest absolute Gasteiger partial charge is 0.257 e. The van der Waals surface area contributed by atoms with Gasteiger partial charge in [-0.1, -0.05) is 25.1 Å². The summed E-state index contributed by atoms with van der Waals surface area (Å²) in [6, 6.07) is 9.59. The number of sulfonamides is 1. The minimum absolute atomic E-state index is 0. The quantitative estimate of drug-likeness (QED) is 0.660. The Hall–Kier alpha value is -2.16. The van der Waals surface area contributed by atoms with Gasteiger partial charge >= 0.3 is 0 Å². The van der Waals surface area contributed by atoms with E-state index < -0.39 is 21.7 Å². The second kappa shape index (κ2) is 9.36. The monoisotopic (exact) mass is 427 g/mol. The molecule has 0 atom stereocenters. The number of hydrogen-bond acceptors (Lipinski definition) is 4. The Kier molecular flexibility index (Phi) is 7.40. The summed E-state index contributed by atoms with van der Waals surface area (Å²) in [7, 11) is -3.54. The third kappa shape index (κ3) is 5.01. The van der Waals surface area contributed by atoms with E-state index in [1.165, 1.54) is 18.2 Å². The van der Waals surface area contributed by atoms with Crippen LogP contribution in [0.4, 0.5) is 15.8 Å². The summed E-state index contributed by atoms with van der Waals surface area (Å²) in [6.45, 7) is 3.04. The first-order valence-electron chi connectivity index (χ1n) is 8.83. The van der Waals surface area contributed by atoms with Crippen molar-refractivity contribution in [2.75, 3.05) is 22.3 Å². The molecule has 0 radical (unpaired) electrons. The fraction of sp³-hybridized carbons (Fsp3) is 0.316. The summed E-state index contributed by atoms with van der Waals surface area (Å²) in [5, 5.41) is 5.74. The van der Waals surface area contributed by atoms with Gasteiger partial charge in [-0.3, -0.25) is 9.52 Å². The molecule has 1 heterocycles. The normalized spacial score (nSPS) is 13.2. The molecule has 0 saturated heterocycles. The predicted octanol–water partition coefficient (Wildman–Crippen LogP) is 3.30. The van der Waals surface area contributed by atoms with Crippen molar-refractivity contribution in [3.05, 3.63) is 58.9 Å². The van der Waals surface area contributed by atoms with Gasteiger partial charge in [0.2, 0.25) is 10.0 Å². The van der Waals surface area contributed by atoms with Crippen LogP contribution in [0.5, 0.6) is 0 Å². The number of halogens is 2. The Labute approximate surface area is 170 Å². The molecule has 0 unspecified atom stereocenters. The third-order valence-corrected chi connectivity index (χ3v) is 5.84. The van der Waals surface area contributed by atoms with Gasteiger partial charge in [-0.25, -0.2) is 12.8 Å². The average Bonchev–Trinajstić information content (AvgIpc) is 2.64. The van der Waals surface area contributed by atoms with Gasteiger partial charge in [-0.15, -0.1) is 12.4 Å². The van der Waals surface area contributed by atoms with E-state index in [2.05, 4.69) is 15.4 Å². The molecule has 0 aliphatic carbocycles. The zero-order valence-corrected chi connectivity index (χ0v) is 17.1. The van der Waals surface area contributed by atoms with Gasteiger partial charge in [0.25, 0.3) is 5.91 Å². The lowest BCUT2D eigenvalue weighted by molar-refractivity contribution is 0.102. The van der Waals surface area contributed by atoms with Crippen molar-refractivity contribution < 1.29 is 17.6 Å². The molecular formula is C19H23ClFN3O3S. The number of hydrogen-bond donors (Lipinski definition) is 3. The Balaban J connectivity index is 0.00000280. The zero-order chi connectivity index (χ0) is 19.4. The minimum Gasteiger partial charge on any atom is -0.319 e. The Morgan fingerprint density at radius 3 is 2.68 bits per heavy atom. The Morgan fingerprint density at radius 2 is 1.93 bits per heavy atom. The fourth-order valence-electron chi connectivity index (χ4n) is 3.08. The van der Waals surface area contributed by atoms with Crippen LogP contribution in [-0.2, 0) is 23.0 Å². The molecule has 152 valence electrons. The molecule has 2 aromatic rings. The van der Waals surface area contributed by atoms with E-state index in [9.17, 15) is 17.6 Å². The first-order valence-corrected chi connectivity index (χ1v) is 10.5. The summed E-state index contributed by atoms with van der Waals surface area (Å²) in [6.07, 6.45) is 1.01. The van der Waals surface area contributed by atoms with E-state index in [1.807, 2.05) is 0 Å². The van der Waals surface area contributed by atoms with Crippen molar-refractivity contribution in [2.45, 2.75) is 26.3 Å². The van der Waals surface area contributed by atoms with E-state index in [0.717, 1.165) is 5.56 Å². The fourth-order valence-corrected chi connectivity index (χ4v) is 4.23. The molecule has 9 heteroatoms. The summed E-state index contributed by atoms with van der Waals surface area (Å²) in [5.41, 5.74) is 1.88. The number of para-hydroxylation sites is 1. The van der Waals surface area contributed by atoms with Crippen molar-refractivity contribution >= 4 is 39.7 Å². The lowest BCUT2D eigenvalue weighted by Crippen LogP contribution is -2.25. The van der Waals surface area contributed by atoms with E-state index in [-0.39, 0.29) is 35.1 Å². The molecule has 0 fully saturated rings. The van der Waals surface area contributed by atoms with Crippen LogP contribution < -0.4 is 15.4 Å². The van der Waals surface area contributed by atoms with Crippen LogP contribution in [0.3, 0.4) is 0 Å². The molecule has 2 aromatic carbocycles. The molecule has 28 heavy (non-hydrogen) atoms. The number of fused-ring (bicyclic) bond motifs is 1. The molecule has 1 aliphatic rings. The molecular weight excluding hydrogens is 405 g/mol. The highest BCUT2D eigenvalue weighted by molar-refractivity contribution is 7.92. The summed E-state index contributed by atoms with van der Waals surface area (Å²) in [5.74, 6) is -1.06. The number of carbonyl (C=O) groups is 1. The van der Waals surface area contributed by atoms with Gasteiger partial charge in [0.15, 0.2) is 0 Å². The summed E-state index contributed by atoms with van der Waals surface area (Å²) >= 11 is 0. The third-order valence-electron chi connectivity index (χ3n) is 4.37. The highest BCUT2D eigenvalue weighted by atomic mass is 35.5. The summed E-state index contributed by atoms with van der Waals surface area (Å²) in [4.78, 5) is 12.7. The van der Waals surface area contributed by atoms with E-state index in [0.29, 0.717) is 31.5 Å². The number of carbonyl (C=O) groups excluding carboxylic acids is 1. The van der Waals surface area contributed by atoms with Crippen LogP contribution >= 0.6 is 12.4 Å². The van der Waals surface area contributed by atoms with Crippen LogP contribution in [0.15, 0.2) is 36.4 Å².